The van der Waals surface area contributed by atoms with Gasteiger partial charge in [0, 0.05) is 19.3 Å². The Morgan fingerprint density at radius 2 is 0.681 bits per heavy atom. The molecule has 0 aliphatic carbocycles. The Labute approximate surface area is 805 Å². The van der Waals surface area contributed by atoms with Crippen LogP contribution in [0.4, 0.5) is 0 Å². The molecule has 59 atom stereocenters. The second-order valence-corrected chi connectivity index (χ2v) is 35.9. The molecule has 11 aliphatic heterocycles. The van der Waals surface area contributed by atoms with Crippen LogP contribution in [0.25, 0.3) is 0 Å². The van der Waals surface area contributed by atoms with E-state index in [-0.39, 0.29) is 0 Å². The summed E-state index contributed by atoms with van der Waals surface area (Å²) in [5.74, 6) is -22.1. The van der Waals surface area contributed by atoms with Gasteiger partial charge in [0.1, 0.15) is 256 Å². The summed E-state index contributed by atoms with van der Waals surface area (Å²) in [6.07, 6.45) is -145. The smallest absolute Gasteiger partial charge is 0.364 e. The van der Waals surface area contributed by atoms with Crippen LogP contribution in [0.2, 0.25) is 0 Å². The zero-order chi connectivity index (χ0) is 107. The molecule has 11 saturated heterocycles. The van der Waals surface area contributed by atoms with Gasteiger partial charge in [0.25, 0.3) is 17.4 Å². The number of nitrogens with two attached hydrogens (primary N) is 1. The number of carboxylic acid groups (broad SMARTS) is 5. The van der Waals surface area contributed by atoms with Gasteiger partial charge in [-0.05, 0) is 0 Å². The fourth-order valence-corrected chi connectivity index (χ4v) is 17.9. The molecule has 11 fully saturated rings. The Balaban J connectivity index is 0.953. The highest BCUT2D eigenvalue weighted by molar-refractivity contribution is 5.77. The summed E-state index contributed by atoms with van der Waals surface area (Å²) in [5, 5.41) is 454. The number of aliphatic carboxylic acids is 5. The second-order valence-electron chi connectivity index (χ2n) is 35.9. The van der Waals surface area contributed by atoms with Crippen LogP contribution in [0.1, 0.15) is 19.3 Å². The second kappa shape index (κ2) is 49.4. The number of carbonyl (C=O) groups is 5. The van der Waals surface area contributed by atoms with Crippen molar-refractivity contribution < 1.29 is 333 Å². The zero-order valence-corrected chi connectivity index (χ0v) is 74.3. The summed E-state index contributed by atoms with van der Waals surface area (Å²) in [6.45, 7) is -12.7. The van der Waals surface area contributed by atoms with Gasteiger partial charge in [-0.1, -0.05) is 0 Å². The highest BCUT2D eigenvalue weighted by Gasteiger charge is 2.67. The van der Waals surface area contributed by atoms with Crippen LogP contribution >= 0.6 is 0 Å². The van der Waals surface area contributed by atoms with Crippen molar-refractivity contribution in [3.05, 3.63) is 0 Å². The minimum atomic E-state index is -3.81. The van der Waals surface area contributed by atoms with E-state index in [1.165, 1.54) is 0 Å². The van der Waals surface area contributed by atoms with Crippen molar-refractivity contribution in [2.45, 2.75) is 380 Å². The van der Waals surface area contributed by atoms with Gasteiger partial charge in [0.05, 0.1) is 83.8 Å². The number of ether oxygens (including phenoxy) is 21. The molecule has 0 spiro atoms. The van der Waals surface area contributed by atoms with Crippen LogP contribution in [0.5, 0.6) is 0 Å². The first-order chi connectivity index (χ1) is 67.5. The lowest BCUT2D eigenvalue weighted by atomic mass is 9.89. The van der Waals surface area contributed by atoms with Crippen LogP contribution in [0.15, 0.2) is 0 Å². The molecule has 0 bridgehead atoms. The average Bonchev–Trinajstić information content (AvgIpc) is 0.736. The highest BCUT2D eigenvalue weighted by atomic mass is 16.8. The van der Waals surface area contributed by atoms with Crippen molar-refractivity contribution >= 4 is 29.8 Å². The van der Waals surface area contributed by atoms with Gasteiger partial charge in [-0.15, -0.1) is 0 Å². The molecule has 0 aromatic rings. The van der Waals surface area contributed by atoms with E-state index in [4.69, 9.17) is 105 Å². The molecule has 11 heterocycles. The zero-order valence-electron chi connectivity index (χ0n) is 74.3. The SMILES string of the molecule is N[C@H]1[C@@H](O[C@@H]2[C@H](O)[C@@H](O)[C@@H](O[C@@H]3[C@H](O)[C@@H](O[C@@H]4[C@H](O)[C@@H](O[C@H]5[C@@H]([C@H](O)CO)O[C@@](O)(C(=O)O)C[C@H]5O[C@]5(C(=O)O)C[C@@H](O)[C@@H](O)[C@@H]([C@H](O)CO)O5)O[C@H]([C@@H](O)CO)[C@H]4O[C@@H]4O[C@H](CO[C@@H]5O[C@H](C(=O)O)[C@H](O)[C@H](O)[C@H]5O)[C@@H](O)[C@H](O)[C@H]4O)O[C@H]([C@@H](O)CO[C@H]4O[C@H]([C@@H](O)CO)[C@@H](O)[C@H](O)[C@@H]4O)[C@H]3O)O[C@@H]2C(=O)O)O[C@H](CO[C@]2(C(=O)O)C[C@@H](O[C@H]3O[C@H]([C@@H](O)CO)[C@@H](O)[C@H](O)[C@@H]3O)[C@@H](O)[C@@H]([C@H](O)CO)O2)[C@@H](O)[C@@H]1O. The van der Waals surface area contributed by atoms with Crippen LogP contribution in [0, 0.1) is 0 Å². The lowest BCUT2D eigenvalue weighted by molar-refractivity contribution is -0.417. The van der Waals surface area contributed by atoms with Crippen molar-refractivity contribution in [2.75, 3.05) is 59.5 Å². The van der Waals surface area contributed by atoms with E-state index >= 15 is 0 Å². The molecule has 11 aliphatic rings. The van der Waals surface area contributed by atoms with Crippen LogP contribution in [-0.2, 0) is 123 Å². The molecule has 68 heteroatoms. The predicted molar refractivity (Wildman–Crippen MR) is 423 cm³/mol. The van der Waals surface area contributed by atoms with Gasteiger partial charge in [0.2, 0.25) is 0 Å². The summed E-state index contributed by atoms with van der Waals surface area (Å²) in [4.78, 5) is 65.6. The molecule has 0 saturated carbocycles. The number of rotatable bonds is 41. The molecular formula is C76H123NO67. The van der Waals surface area contributed by atoms with E-state index in [1.807, 2.05) is 0 Å². The van der Waals surface area contributed by atoms with Crippen molar-refractivity contribution in [1.29, 1.82) is 0 Å². The Hall–Kier alpha value is -4.97. The fraction of sp³-hybridized carbons (Fsp3) is 0.934. The fourth-order valence-electron chi connectivity index (χ4n) is 17.9. The lowest BCUT2D eigenvalue weighted by Crippen LogP contribution is -2.71. The van der Waals surface area contributed by atoms with Gasteiger partial charge in [-0.2, -0.15) is 0 Å². The van der Waals surface area contributed by atoms with Crippen molar-refractivity contribution in [3.63, 3.8) is 0 Å². The predicted octanol–water partition coefficient (Wildman–Crippen LogP) is -27.9. The minimum Gasteiger partial charge on any atom is -0.479 e. The van der Waals surface area contributed by atoms with Gasteiger partial charge < -0.3 is 315 Å². The molecule has 0 amide bonds. The Morgan fingerprint density at radius 3 is 1.22 bits per heavy atom. The van der Waals surface area contributed by atoms with E-state index in [1.54, 1.807) is 0 Å². The van der Waals surface area contributed by atoms with E-state index in [0.29, 0.717) is 0 Å². The first kappa shape index (κ1) is 119. The van der Waals surface area contributed by atoms with Crippen molar-refractivity contribution in [2.24, 2.45) is 5.73 Å². The maximum absolute atomic E-state index is 13.6. The molecular weight excluding hydrogens is 2000 g/mol. The maximum atomic E-state index is 13.6. The summed E-state index contributed by atoms with van der Waals surface area (Å²) in [5.41, 5.74) is 6.22. The topological polar surface area (TPSA) is 1130 Å². The molecule has 0 aromatic carbocycles. The molecule has 834 valence electrons. The van der Waals surface area contributed by atoms with E-state index in [0.717, 1.165) is 0 Å². The minimum absolute atomic E-state index is 1.15. The molecule has 11 rings (SSSR count). The summed E-state index contributed by atoms with van der Waals surface area (Å²) < 4.78 is 119. The largest absolute Gasteiger partial charge is 0.479 e. The maximum Gasteiger partial charge on any atom is 0.364 e. The third-order valence-electron chi connectivity index (χ3n) is 26.1. The molecule has 144 heavy (non-hydrogen) atoms. The normalized spacial score (nSPS) is 48.8. The number of hydrogen-bond donors (Lipinski definition) is 42. The third kappa shape index (κ3) is 24.8. The van der Waals surface area contributed by atoms with Gasteiger partial charge >= 0.3 is 29.8 Å². The van der Waals surface area contributed by atoms with Crippen molar-refractivity contribution in [3.8, 4) is 0 Å². The number of aliphatic hydroxyl groups is 36. The third-order valence-corrected chi connectivity index (χ3v) is 26.1. The monoisotopic (exact) mass is 2120 g/mol. The molecule has 0 radical (unpaired) electrons. The molecule has 0 aromatic heterocycles. The quantitative estimate of drug-likeness (QED) is 0.0270. The van der Waals surface area contributed by atoms with E-state index in [9.17, 15) is 233 Å². The summed E-state index contributed by atoms with van der Waals surface area (Å²) >= 11 is 0. The average molecular weight is 2120 g/mol. The number of hydrogen-bond acceptors (Lipinski definition) is 63. The Kier molecular flexibility index (Phi) is 40.9. The number of carboxylic acids is 5. The van der Waals surface area contributed by atoms with Gasteiger partial charge in [-0.25, -0.2) is 24.0 Å². The van der Waals surface area contributed by atoms with Gasteiger partial charge in [0.15, 0.2) is 62.5 Å². The Bertz CT molecular complexity index is 4100. The molecule has 43 N–H and O–H groups in total. The first-order valence-corrected chi connectivity index (χ1v) is 44.3. The van der Waals surface area contributed by atoms with Crippen LogP contribution in [0.3, 0.4) is 0 Å². The molecule has 0 unspecified atom stereocenters. The summed E-state index contributed by atoms with van der Waals surface area (Å²) in [6, 6.07) is -2.19. The summed E-state index contributed by atoms with van der Waals surface area (Å²) in [7, 11) is 0. The van der Waals surface area contributed by atoms with Gasteiger partial charge in [-0.3, -0.25) is 0 Å². The number of aliphatic hydroxyl groups excluding tert-OH is 35. The Morgan fingerprint density at radius 1 is 0.292 bits per heavy atom. The lowest BCUT2D eigenvalue weighted by Gasteiger charge is -2.53. The van der Waals surface area contributed by atoms with Crippen LogP contribution < -0.4 is 5.73 Å². The van der Waals surface area contributed by atoms with Crippen LogP contribution in [-0.4, -0.2) is 659 Å². The first-order valence-electron chi connectivity index (χ1n) is 44.3. The highest BCUT2D eigenvalue weighted by Crippen LogP contribution is 2.46. The van der Waals surface area contributed by atoms with E-state index < -0.39 is 469 Å². The van der Waals surface area contributed by atoms with E-state index in [2.05, 4.69) is 0 Å². The van der Waals surface area contributed by atoms with Crippen molar-refractivity contribution in [1.82, 2.24) is 0 Å². The standard InChI is InChI=1S/C76H123NO67/c77-25-30(96)27(93)24(12-126-75(72(119)120)3-21(29(95)51(143-75)17(88)7-81)127-66-42(108)33(99)36(102)48(131-66)15(86)5-79)128-63(25)136-56-38(104)43(109)68(140-60(56)62(115)116)135-55-44(110)49(20(91)10-124-64-39(105)32(98)35(101)47(130-64)14(85)4-78)132-69(45(55)111)137-57-46(112)70(134-54-22(2-74(123,71(117)118)142-53(54)19(90)9-83)141-76(73(121)122)1-13(84)26(92)50(144-76)16(87)6-80)133-52(18(89)8-82)59(57)139-67-41(107)31(97)28(94)23(129-67)11-125-65-40(106)34(100)37(103)58(138-65)61(113)114/h13-60,63-70,78-112,123H,1-12,77H2,(H,113,114)(H,115,116)(H,117,118)(H,119,120)(H,121,122)/t13-,14+,15+,16-,17-,18+,19-,20+,21-,22-,23-,24-,25-,26-,27-,28-,29-,30-,31+,32+,33+,34+,35+,36+,37-,38-,39+,40-,41-,42+,43-,44-,45+,46+,47-,48-,49-,50-,51-,52-,53-,54-,55+,56-,57-,58+,59-,60+,63-,64+,65-,66+,67+,68+,69-,70-,74-,75-,76-/m1/s1. The molecule has 68 nitrogen and oxygen atoms in total.